The van der Waals surface area contributed by atoms with Gasteiger partial charge in [-0.1, -0.05) is 6.07 Å². The number of rotatable bonds is 5. The highest BCUT2D eigenvalue weighted by Gasteiger charge is 2.22. The van der Waals surface area contributed by atoms with E-state index < -0.39 is 0 Å². The Kier molecular flexibility index (Phi) is 4.77. The lowest BCUT2D eigenvalue weighted by Gasteiger charge is -2.08. The molecule has 1 aromatic carbocycles. The highest BCUT2D eigenvalue weighted by Crippen LogP contribution is 2.25. The molecule has 0 saturated carbocycles. The summed E-state index contributed by atoms with van der Waals surface area (Å²) in [6.07, 6.45) is 4.58. The second-order valence-electron chi connectivity index (χ2n) is 5.27. The number of aromatic nitrogens is 2. The summed E-state index contributed by atoms with van der Waals surface area (Å²) in [6.45, 7) is 0.579. The molecule has 0 unspecified atom stereocenters. The molecular formula is C16H18FN3OS. The Balaban J connectivity index is 1.52. The van der Waals surface area contributed by atoms with Crippen molar-refractivity contribution in [3.63, 3.8) is 0 Å². The molecule has 116 valence electrons. The van der Waals surface area contributed by atoms with Crippen molar-refractivity contribution >= 4 is 17.7 Å². The maximum Gasteiger partial charge on any atom is 0.233 e. The third kappa shape index (κ3) is 3.68. The number of carbonyl (C=O) groups is 1. The van der Waals surface area contributed by atoms with Crippen LogP contribution in [-0.4, -0.2) is 33.2 Å². The fourth-order valence-corrected chi connectivity index (χ4v) is 3.66. The van der Waals surface area contributed by atoms with E-state index in [1.165, 1.54) is 12.1 Å². The Morgan fingerprint density at radius 3 is 3.14 bits per heavy atom. The van der Waals surface area contributed by atoms with E-state index in [1.54, 1.807) is 34.8 Å². The van der Waals surface area contributed by atoms with Crippen LogP contribution in [0.25, 0.3) is 5.69 Å². The van der Waals surface area contributed by atoms with Crippen LogP contribution >= 0.6 is 11.8 Å². The van der Waals surface area contributed by atoms with Gasteiger partial charge in [-0.25, -0.2) is 9.07 Å². The second-order valence-corrected chi connectivity index (χ2v) is 6.58. The summed E-state index contributed by atoms with van der Waals surface area (Å²) >= 11 is 1.73. The summed E-state index contributed by atoms with van der Waals surface area (Å²) in [5.74, 6) is 0.929. The minimum atomic E-state index is -0.282. The van der Waals surface area contributed by atoms with Gasteiger partial charge in [0.1, 0.15) is 5.82 Å². The van der Waals surface area contributed by atoms with Gasteiger partial charge in [-0.2, -0.15) is 5.10 Å². The maximum absolute atomic E-state index is 13.2. The predicted molar refractivity (Wildman–Crippen MR) is 85.7 cm³/mol. The predicted octanol–water partition coefficient (Wildman–Crippen LogP) is 2.57. The summed E-state index contributed by atoms with van der Waals surface area (Å²) in [7, 11) is 0. The fourth-order valence-electron chi connectivity index (χ4n) is 2.47. The molecule has 1 atom stereocenters. The Morgan fingerprint density at radius 1 is 1.45 bits per heavy atom. The number of carbonyl (C=O) groups excluding carboxylic acids is 1. The maximum atomic E-state index is 13.2. The van der Waals surface area contributed by atoms with Crippen LogP contribution in [0.4, 0.5) is 4.39 Å². The standard InChI is InChI=1S/C16H18FN3OS/c17-12-3-1-4-14(11-12)20-9-7-13(19-20)6-8-18-16(21)15-5-2-10-22-15/h1,3-4,7,9,11,15H,2,5-6,8,10H2,(H,18,21)/t15-/m1/s1. The van der Waals surface area contributed by atoms with Crippen LogP contribution in [-0.2, 0) is 11.2 Å². The minimum absolute atomic E-state index is 0.116. The number of amides is 1. The van der Waals surface area contributed by atoms with E-state index in [0.29, 0.717) is 18.7 Å². The highest BCUT2D eigenvalue weighted by atomic mass is 32.2. The van der Waals surface area contributed by atoms with E-state index in [4.69, 9.17) is 0 Å². The van der Waals surface area contributed by atoms with Crippen LogP contribution in [0, 0.1) is 5.82 Å². The smallest absolute Gasteiger partial charge is 0.233 e. The molecule has 1 saturated heterocycles. The van der Waals surface area contributed by atoms with Crippen molar-refractivity contribution < 1.29 is 9.18 Å². The number of hydrogen-bond donors (Lipinski definition) is 1. The Labute approximate surface area is 133 Å². The topological polar surface area (TPSA) is 46.9 Å². The van der Waals surface area contributed by atoms with Gasteiger partial charge in [0.05, 0.1) is 16.6 Å². The summed E-state index contributed by atoms with van der Waals surface area (Å²) in [5, 5.41) is 7.49. The zero-order valence-electron chi connectivity index (χ0n) is 12.2. The SMILES string of the molecule is O=C(NCCc1ccn(-c2cccc(F)c2)n1)[C@H]1CCCS1. The van der Waals surface area contributed by atoms with Gasteiger partial charge in [0.15, 0.2) is 0 Å². The monoisotopic (exact) mass is 319 g/mol. The summed E-state index contributed by atoms with van der Waals surface area (Å²) < 4.78 is 14.9. The highest BCUT2D eigenvalue weighted by molar-refractivity contribution is 8.00. The average Bonchev–Trinajstić information content (AvgIpc) is 3.19. The number of benzene rings is 1. The number of thioether (sulfide) groups is 1. The van der Waals surface area contributed by atoms with Gasteiger partial charge in [-0.3, -0.25) is 4.79 Å². The van der Waals surface area contributed by atoms with Gasteiger partial charge in [-0.15, -0.1) is 11.8 Å². The van der Waals surface area contributed by atoms with Crippen molar-refractivity contribution in [1.29, 1.82) is 0 Å². The van der Waals surface area contributed by atoms with Crippen LogP contribution < -0.4 is 5.32 Å². The molecule has 2 aromatic rings. The summed E-state index contributed by atoms with van der Waals surface area (Å²) in [4.78, 5) is 11.9. The largest absolute Gasteiger partial charge is 0.355 e. The number of nitrogens with zero attached hydrogens (tertiary/aromatic N) is 2. The van der Waals surface area contributed by atoms with E-state index >= 15 is 0 Å². The molecule has 2 heterocycles. The van der Waals surface area contributed by atoms with Crippen molar-refractivity contribution in [3.05, 3.63) is 48.0 Å². The molecule has 1 fully saturated rings. The lowest BCUT2D eigenvalue weighted by Crippen LogP contribution is -2.32. The first-order valence-electron chi connectivity index (χ1n) is 7.42. The molecule has 1 N–H and O–H groups in total. The average molecular weight is 319 g/mol. The van der Waals surface area contributed by atoms with Gasteiger partial charge in [-0.05, 0) is 42.9 Å². The molecule has 0 aliphatic carbocycles. The Hall–Kier alpha value is -1.82. The third-order valence-corrected chi connectivity index (χ3v) is 5.00. The summed E-state index contributed by atoms with van der Waals surface area (Å²) in [5.41, 5.74) is 1.57. The molecule has 0 spiro atoms. The molecular weight excluding hydrogens is 301 g/mol. The molecule has 22 heavy (non-hydrogen) atoms. The third-order valence-electron chi connectivity index (χ3n) is 3.62. The van der Waals surface area contributed by atoms with E-state index in [9.17, 15) is 9.18 Å². The number of hydrogen-bond acceptors (Lipinski definition) is 3. The van der Waals surface area contributed by atoms with E-state index in [0.717, 1.165) is 24.3 Å². The molecule has 6 heteroatoms. The molecule has 1 amide bonds. The minimum Gasteiger partial charge on any atom is -0.355 e. The Bertz CT molecular complexity index is 652. The molecule has 1 aliphatic heterocycles. The molecule has 1 aliphatic rings. The summed E-state index contributed by atoms with van der Waals surface area (Å²) in [6, 6.07) is 8.20. The van der Waals surface area contributed by atoms with Crippen LogP contribution in [0.15, 0.2) is 36.5 Å². The Morgan fingerprint density at radius 2 is 2.36 bits per heavy atom. The van der Waals surface area contributed by atoms with E-state index in [1.807, 2.05) is 6.07 Å². The lowest BCUT2D eigenvalue weighted by molar-refractivity contribution is -0.120. The van der Waals surface area contributed by atoms with Gasteiger partial charge in [0.2, 0.25) is 5.91 Å². The second kappa shape index (κ2) is 6.96. The van der Waals surface area contributed by atoms with Gasteiger partial charge in [0, 0.05) is 19.2 Å². The first-order chi connectivity index (χ1) is 10.7. The van der Waals surface area contributed by atoms with E-state index in [-0.39, 0.29) is 17.0 Å². The fraction of sp³-hybridized carbons (Fsp3) is 0.375. The molecule has 0 bridgehead atoms. The van der Waals surface area contributed by atoms with Crippen LogP contribution in [0.3, 0.4) is 0 Å². The van der Waals surface area contributed by atoms with Crippen molar-refractivity contribution in [1.82, 2.24) is 15.1 Å². The van der Waals surface area contributed by atoms with Crippen molar-refractivity contribution in [3.8, 4) is 5.69 Å². The van der Waals surface area contributed by atoms with Crippen molar-refractivity contribution in [2.75, 3.05) is 12.3 Å². The quantitative estimate of drug-likeness (QED) is 0.921. The molecule has 4 nitrogen and oxygen atoms in total. The molecule has 3 rings (SSSR count). The van der Waals surface area contributed by atoms with Crippen LogP contribution in [0.1, 0.15) is 18.5 Å². The first kappa shape index (κ1) is 15.1. The van der Waals surface area contributed by atoms with Crippen molar-refractivity contribution in [2.45, 2.75) is 24.5 Å². The normalized spacial score (nSPS) is 17.6. The van der Waals surface area contributed by atoms with Crippen LogP contribution in [0.5, 0.6) is 0 Å². The molecule has 0 radical (unpaired) electrons. The first-order valence-corrected chi connectivity index (χ1v) is 8.47. The van der Waals surface area contributed by atoms with Crippen LogP contribution in [0.2, 0.25) is 0 Å². The van der Waals surface area contributed by atoms with Gasteiger partial charge >= 0.3 is 0 Å². The molecule has 1 aromatic heterocycles. The number of nitrogens with one attached hydrogen (secondary N) is 1. The number of halogens is 1. The van der Waals surface area contributed by atoms with E-state index in [2.05, 4.69) is 10.4 Å². The zero-order valence-corrected chi connectivity index (χ0v) is 13.0. The lowest BCUT2D eigenvalue weighted by atomic mass is 10.2. The van der Waals surface area contributed by atoms with Crippen molar-refractivity contribution in [2.24, 2.45) is 0 Å². The zero-order chi connectivity index (χ0) is 15.4. The van der Waals surface area contributed by atoms with Gasteiger partial charge < -0.3 is 5.32 Å². The van der Waals surface area contributed by atoms with Gasteiger partial charge in [0.25, 0.3) is 0 Å².